The highest BCUT2D eigenvalue weighted by atomic mass is 32.1. The Balaban J connectivity index is 1.96. The Bertz CT molecular complexity index is 702. The van der Waals surface area contributed by atoms with Crippen molar-refractivity contribution in [2.45, 2.75) is 0 Å². The second-order valence-corrected chi connectivity index (χ2v) is 5.30. The first-order chi connectivity index (χ1) is 10.7. The van der Waals surface area contributed by atoms with Gasteiger partial charge in [0.05, 0.1) is 18.7 Å². The number of hydrogen-bond acceptors (Lipinski definition) is 5. The van der Waals surface area contributed by atoms with Gasteiger partial charge in [0.25, 0.3) is 0 Å². The van der Waals surface area contributed by atoms with E-state index in [4.69, 9.17) is 9.47 Å². The zero-order valence-corrected chi connectivity index (χ0v) is 13.0. The summed E-state index contributed by atoms with van der Waals surface area (Å²) < 4.78 is 15.9. The molecule has 2 aromatic carbocycles. The lowest BCUT2D eigenvalue weighted by molar-refractivity contribution is -0.695. The summed E-state index contributed by atoms with van der Waals surface area (Å²) in [6.45, 7) is 0. The quantitative estimate of drug-likeness (QED) is 0.693. The van der Waals surface area contributed by atoms with E-state index < -0.39 is 0 Å². The Morgan fingerprint density at radius 3 is 2.00 bits per heavy atom. The van der Waals surface area contributed by atoms with Crippen LogP contribution in [0.3, 0.4) is 0 Å². The van der Waals surface area contributed by atoms with Crippen LogP contribution in [-0.2, 0) is 0 Å². The molecule has 1 aromatic heterocycles. The van der Waals surface area contributed by atoms with Crippen molar-refractivity contribution in [3.05, 3.63) is 48.5 Å². The molecule has 112 valence electrons. The Morgan fingerprint density at radius 1 is 0.909 bits per heavy atom. The Morgan fingerprint density at radius 2 is 1.45 bits per heavy atom. The smallest absolute Gasteiger partial charge is 0.238 e. The van der Waals surface area contributed by atoms with Crippen molar-refractivity contribution in [1.29, 1.82) is 0 Å². The molecule has 0 radical (unpaired) electrons. The van der Waals surface area contributed by atoms with Crippen LogP contribution in [0.2, 0.25) is 0 Å². The highest BCUT2D eigenvalue weighted by molar-refractivity contribution is 7.09. The van der Waals surface area contributed by atoms with Crippen molar-refractivity contribution in [3.8, 4) is 33.5 Å². The van der Waals surface area contributed by atoms with Gasteiger partial charge in [0.1, 0.15) is 16.4 Å². The summed E-state index contributed by atoms with van der Waals surface area (Å²) >= 11 is 1.18. The van der Waals surface area contributed by atoms with E-state index in [0.29, 0.717) is 10.6 Å². The first kappa shape index (κ1) is 14.3. The van der Waals surface area contributed by atoms with E-state index >= 15 is 0 Å². The minimum atomic E-state index is -0.139. The van der Waals surface area contributed by atoms with Crippen LogP contribution in [0.25, 0.3) is 16.1 Å². The van der Waals surface area contributed by atoms with Gasteiger partial charge < -0.3 is 14.6 Å². The second-order valence-electron chi connectivity index (χ2n) is 4.55. The number of hydrogen-bond donors (Lipinski definition) is 0. The summed E-state index contributed by atoms with van der Waals surface area (Å²) in [5.41, 5.74) is 1.54. The first-order valence-electron chi connectivity index (χ1n) is 6.61. The fourth-order valence-electron chi connectivity index (χ4n) is 2.06. The Kier molecular flexibility index (Phi) is 3.93. The average Bonchev–Trinajstić information content (AvgIpc) is 2.96. The molecule has 1 heterocycles. The van der Waals surface area contributed by atoms with Gasteiger partial charge in [-0.2, -0.15) is 0 Å². The molecular weight excluding hydrogens is 300 g/mol. The van der Waals surface area contributed by atoms with Gasteiger partial charge >= 0.3 is 0 Å². The van der Waals surface area contributed by atoms with Gasteiger partial charge in [-0.25, -0.2) is 0 Å². The minimum absolute atomic E-state index is 0.139. The third-order valence-corrected chi connectivity index (χ3v) is 4.11. The highest BCUT2D eigenvalue weighted by Crippen LogP contribution is 2.30. The number of aromatic nitrogens is 2. The molecule has 0 saturated heterocycles. The molecule has 0 N–H and O–H groups in total. The topological polar surface area (TPSA) is 58.3 Å². The third-order valence-electron chi connectivity index (χ3n) is 3.27. The van der Waals surface area contributed by atoms with Crippen molar-refractivity contribution in [3.63, 3.8) is 0 Å². The van der Waals surface area contributed by atoms with Gasteiger partial charge in [-0.15, -0.1) is 0 Å². The van der Waals surface area contributed by atoms with Crippen molar-refractivity contribution in [2.75, 3.05) is 14.2 Å². The monoisotopic (exact) mass is 314 g/mol. The van der Waals surface area contributed by atoms with E-state index in [-0.39, 0.29) is 5.88 Å². The molecule has 0 bridgehead atoms. The maximum Gasteiger partial charge on any atom is 0.238 e. The lowest BCUT2D eigenvalue weighted by Crippen LogP contribution is -2.35. The maximum atomic E-state index is 12.5. The van der Waals surface area contributed by atoms with Crippen molar-refractivity contribution in [2.24, 2.45) is 0 Å². The number of ether oxygens (including phenoxy) is 2. The first-order valence-corrected chi connectivity index (χ1v) is 7.38. The molecule has 3 aromatic rings. The predicted octanol–water partition coefficient (Wildman–Crippen LogP) is 2.18. The summed E-state index contributed by atoms with van der Waals surface area (Å²) in [6.07, 6.45) is 0. The van der Waals surface area contributed by atoms with Gasteiger partial charge in [-0.3, -0.25) is 0 Å². The van der Waals surface area contributed by atoms with Crippen LogP contribution < -0.4 is 19.3 Å². The normalized spacial score (nSPS) is 10.5. The Labute approximate surface area is 132 Å². The van der Waals surface area contributed by atoms with Gasteiger partial charge in [0.15, 0.2) is 0 Å². The van der Waals surface area contributed by atoms with Crippen LogP contribution in [0.15, 0.2) is 48.5 Å². The summed E-state index contributed by atoms with van der Waals surface area (Å²) in [6, 6.07) is 14.6. The molecule has 0 unspecified atom stereocenters. The van der Waals surface area contributed by atoms with Gasteiger partial charge in [-0.05, 0) is 46.6 Å². The lowest BCUT2D eigenvalue weighted by Gasteiger charge is -2.04. The van der Waals surface area contributed by atoms with Gasteiger partial charge in [0.2, 0.25) is 11.6 Å². The van der Waals surface area contributed by atoms with Crippen LogP contribution in [0.4, 0.5) is 0 Å². The largest absolute Gasteiger partial charge is 0.820 e. The van der Waals surface area contributed by atoms with Crippen molar-refractivity contribution < 1.29 is 19.3 Å². The molecule has 5 nitrogen and oxygen atoms in total. The number of benzene rings is 2. The van der Waals surface area contributed by atoms with Crippen molar-refractivity contribution >= 4 is 11.5 Å². The molecule has 0 aliphatic carbocycles. The van der Waals surface area contributed by atoms with E-state index in [2.05, 4.69) is 4.49 Å². The summed E-state index contributed by atoms with van der Waals surface area (Å²) in [5.74, 6) is 1.35. The number of methoxy groups -OCH3 is 2. The molecule has 0 amide bonds. The van der Waals surface area contributed by atoms with Crippen molar-refractivity contribution in [1.82, 2.24) is 4.49 Å². The average molecular weight is 314 g/mol. The Hall–Kier alpha value is -2.60. The molecule has 0 fully saturated rings. The zero-order chi connectivity index (χ0) is 15.5. The van der Waals surface area contributed by atoms with E-state index in [1.807, 2.05) is 24.3 Å². The SMILES string of the molecule is COc1ccc(-c2sn[n+](-c3ccc(OC)cc3)c2[O-])cc1. The predicted molar refractivity (Wildman–Crippen MR) is 81.6 cm³/mol. The molecule has 6 heteroatoms. The van der Waals surface area contributed by atoms with Gasteiger partial charge in [-0.1, -0.05) is 0 Å². The standard InChI is InChI=1S/C16H14N2O3S/c1-20-13-7-3-11(4-8-13)15-16(19)18(17-22-15)12-5-9-14(21-2)10-6-12/h3-10H,1-2H3. The molecule has 0 spiro atoms. The zero-order valence-electron chi connectivity index (χ0n) is 12.1. The molecule has 0 saturated carbocycles. The molecule has 3 rings (SSSR count). The fraction of sp³-hybridized carbons (Fsp3) is 0.125. The molecule has 0 aliphatic heterocycles. The van der Waals surface area contributed by atoms with E-state index in [1.165, 1.54) is 16.2 Å². The molecular formula is C16H14N2O3S. The van der Waals surface area contributed by atoms with Crippen LogP contribution in [0, 0.1) is 0 Å². The lowest BCUT2D eigenvalue weighted by atomic mass is 10.2. The van der Waals surface area contributed by atoms with Gasteiger partial charge in [0, 0.05) is 23.7 Å². The van der Waals surface area contributed by atoms with Crippen LogP contribution >= 0.6 is 11.5 Å². The number of rotatable bonds is 4. The minimum Gasteiger partial charge on any atom is -0.820 e. The van der Waals surface area contributed by atoms with E-state index in [1.54, 1.807) is 38.5 Å². The molecule has 0 aliphatic rings. The number of nitrogens with zero attached hydrogens (tertiary/aromatic N) is 2. The second kappa shape index (κ2) is 6.03. The molecule has 22 heavy (non-hydrogen) atoms. The fourth-order valence-corrected chi connectivity index (χ4v) is 2.80. The summed E-state index contributed by atoms with van der Waals surface area (Å²) in [4.78, 5) is 0.596. The third kappa shape index (κ3) is 2.60. The maximum absolute atomic E-state index is 12.5. The highest BCUT2D eigenvalue weighted by Gasteiger charge is 2.18. The molecule has 0 atom stereocenters. The summed E-state index contributed by atoms with van der Waals surface area (Å²) in [7, 11) is 3.21. The summed E-state index contributed by atoms with van der Waals surface area (Å²) in [5, 5.41) is 12.5. The van der Waals surface area contributed by atoms with E-state index in [9.17, 15) is 5.11 Å². The van der Waals surface area contributed by atoms with Crippen LogP contribution in [0.1, 0.15) is 0 Å². The van der Waals surface area contributed by atoms with Crippen LogP contribution in [-0.4, -0.2) is 18.7 Å². The van der Waals surface area contributed by atoms with Crippen LogP contribution in [0.5, 0.6) is 17.4 Å². The van der Waals surface area contributed by atoms with E-state index in [0.717, 1.165) is 17.1 Å².